The molecule has 0 saturated carbocycles. The number of ether oxygens (including phenoxy) is 1. The Morgan fingerprint density at radius 3 is 2.50 bits per heavy atom. The van der Waals surface area contributed by atoms with Crippen LogP contribution in [0.1, 0.15) is 32.1 Å². The average molecular weight is 358 g/mol. The molecule has 0 aliphatic carbocycles. The molecule has 26 heavy (non-hydrogen) atoms. The standard InChI is InChI=1S/C17H14N2O7/c1-9-7-11(19(24)25)16(18-15(9)17(22)23)12(20)5-3-10-4-6-14(26-2)13(21)8-10/h3-8,21H,1-2H3,(H,22,23). The number of aromatic hydroxyl groups is 1. The van der Waals surface area contributed by atoms with E-state index in [2.05, 4.69) is 4.98 Å². The number of nitrogens with zero attached hydrogens (tertiary/aromatic N) is 2. The number of aromatic carboxylic acids is 1. The van der Waals surface area contributed by atoms with E-state index < -0.39 is 33.8 Å². The van der Waals surface area contributed by atoms with Crippen LogP contribution in [0, 0.1) is 17.0 Å². The van der Waals surface area contributed by atoms with Gasteiger partial charge in [-0.3, -0.25) is 14.9 Å². The molecule has 1 aromatic carbocycles. The highest BCUT2D eigenvalue weighted by Crippen LogP contribution is 2.27. The summed E-state index contributed by atoms with van der Waals surface area (Å²) < 4.78 is 4.90. The maximum atomic E-state index is 12.3. The maximum Gasteiger partial charge on any atom is 0.354 e. The van der Waals surface area contributed by atoms with Gasteiger partial charge in [-0.05, 0) is 36.3 Å². The van der Waals surface area contributed by atoms with Gasteiger partial charge in [0.05, 0.1) is 12.0 Å². The Hall–Kier alpha value is -3.75. The summed E-state index contributed by atoms with van der Waals surface area (Å²) in [6.45, 7) is 1.35. The molecule has 0 aliphatic heterocycles. The first-order valence-corrected chi connectivity index (χ1v) is 7.23. The van der Waals surface area contributed by atoms with Crippen LogP contribution in [0.25, 0.3) is 6.08 Å². The number of carboxylic acid groups (broad SMARTS) is 1. The summed E-state index contributed by atoms with van der Waals surface area (Å²) in [6, 6.07) is 5.37. The highest BCUT2D eigenvalue weighted by atomic mass is 16.6. The summed E-state index contributed by atoms with van der Waals surface area (Å²) in [6.07, 6.45) is 2.32. The second-order valence-corrected chi connectivity index (χ2v) is 5.21. The van der Waals surface area contributed by atoms with E-state index in [4.69, 9.17) is 9.84 Å². The molecule has 2 aromatic rings. The van der Waals surface area contributed by atoms with Crippen molar-refractivity contribution in [3.05, 3.63) is 63.0 Å². The van der Waals surface area contributed by atoms with Gasteiger partial charge in [0.15, 0.2) is 22.9 Å². The monoisotopic (exact) mass is 358 g/mol. The summed E-state index contributed by atoms with van der Waals surface area (Å²) in [5, 5.41) is 29.9. The van der Waals surface area contributed by atoms with Crippen LogP contribution in [0.15, 0.2) is 30.3 Å². The van der Waals surface area contributed by atoms with E-state index in [9.17, 15) is 24.8 Å². The lowest BCUT2D eigenvalue weighted by Gasteiger charge is -2.04. The van der Waals surface area contributed by atoms with Crippen LogP contribution < -0.4 is 4.74 Å². The number of phenols is 1. The third-order valence-electron chi connectivity index (χ3n) is 3.46. The maximum absolute atomic E-state index is 12.3. The fourth-order valence-corrected chi connectivity index (χ4v) is 2.20. The zero-order valence-electron chi connectivity index (χ0n) is 13.8. The van der Waals surface area contributed by atoms with E-state index in [-0.39, 0.29) is 17.1 Å². The van der Waals surface area contributed by atoms with Crippen molar-refractivity contribution < 1.29 is 29.5 Å². The molecular formula is C17H14N2O7. The molecule has 2 N–H and O–H groups in total. The minimum atomic E-state index is -1.39. The molecule has 0 spiro atoms. The van der Waals surface area contributed by atoms with Gasteiger partial charge in [0.1, 0.15) is 0 Å². The number of nitro groups is 1. The van der Waals surface area contributed by atoms with E-state index in [1.165, 1.54) is 32.2 Å². The molecule has 0 atom stereocenters. The lowest BCUT2D eigenvalue weighted by atomic mass is 10.1. The van der Waals surface area contributed by atoms with Crippen LogP contribution in [0.4, 0.5) is 5.69 Å². The van der Waals surface area contributed by atoms with Crippen LogP contribution in [0.2, 0.25) is 0 Å². The van der Waals surface area contributed by atoms with Crippen LogP contribution in [0.5, 0.6) is 11.5 Å². The number of hydrogen-bond donors (Lipinski definition) is 2. The first-order valence-electron chi connectivity index (χ1n) is 7.23. The van der Waals surface area contributed by atoms with Gasteiger partial charge in [-0.25, -0.2) is 9.78 Å². The predicted molar refractivity (Wildman–Crippen MR) is 90.6 cm³/mol. The molecular weight excluding hydrogens is 344 g/mol. The summed E-state index contributed by atoms with van der Waals surface area (Å²) >= 11 is 0. The molecule has 0 saturated heterocycles. The second kappa shape index (κ2) is 7.43. The van der Waals surface area contributed by atoms with Crippen molar-refractivity contribution in [1.29, 1.82) is 0 Å². The first kappa shape index (κ1) is 18.6. The van der Waals surface area contributed by atoms with E-state index in [1.807, 2.05) is 0 Å². The molecule has 0 fully saturated rings. The zero-order valence-corrected chi connectivity index (χ0v) is 13.8. The summed E-state index contributed by atoms with van der Waals surface area (Å²) in [7, 11) is 1.39. The van der Waals surface area contributed by atoms with E-state index in [0.717, 1.165) is 12.1 Å². The largest absolute Gasteiger partial charge is 0.504 e. The van der Waals surface area contributed by atoms with Crippen molar-refractivity contribution in [1.82, 2.24) is 4.98 Å². The fourth-order valence-electron chi connectivity index (χ4n) is 2.20. The number of methoxy groups -OCH3 is 1. The van der Waals surface area contributed by atoms with E-state index in [0.29, 0.717) is 5.56 Å². The summed E-state index contributed by atoms with van der Waals surface area (Å²) in [5.74, 6) is -2.13. The predicted octanol–water partition coefficient (Wildman–Crippen LogP) is 2.61. The number of ketones is 1. The van der Waals surface area contributed by atoms with Gasteiger partial charge < -0.3 is 14.9 Å². The van der Waals surface area contributed by atoms with Crippen molar-refractivity contribution in [2.24, 2.45) is 0 Å². The highest BCUT2D eigenvalue weighted by molar-refractivity contribution is 6.08. The average Bonchev–Trinajstić information content (AvgIpc) is 2.59. The molecule has 2 rings (SSSR count). The molecule has 1 heterocycles. The molecule has 0 unspecified atom stereocenters. The molecule has 0 aliphatic rings. The Kier molecular flexibility index (Phi) is 5.31. The van der Waals surface area contributed by atoms with E-state index >= 15 is 0 Å². The zero-order chi connectivity index (χ0) is 19.4. The van der Waals surface area contributed by atoms with Gasteiger partial charge >= 0.3 is 5.97 Å². The number of carbonyl (C=O) groups excluding carboxylic acids is 1. The first-order chi connectivity index (χ1) is 12.2. The number of carbonyl (C=O) groups is 2. The van der Waals surface area contributed by atoms with Gasteiger partial charge in [-0.1, -0.05) is 12.1 Å². The Bertz CT molecular complexity index is 935. The van der Waals surface area contributed by atoms with Gasteiger partial charge in [-0.15, -0.1) is 0 Å². The van der Waals surface area contributed by atoms with Crippen LogP contribution in [-0.4, -0.2) is 39.0 Å². The van der Waals surface area contributed by atoms with Crippen molar-refractivity contribution in [3.63, 3.8) is 0 Å². The molecule has 0 amide bonds. The van der Waals surface area contributed by atoms with Crippen molar-refractivity contribution in [2.45, 2.75) is 6.92 Å². The number of benzene rings is 1. The van der Waals surface area contributed by atoms with Crippen LogP contribution in [-0.2, 0) is 0 Å². The summed E-state index contributed by atoms with van der Waals surface area (Å²) in [5.41, 5.74) is -1.09. The van der Waals surface area contributed by atoms with Gasteiger partial charge in [-0.2, -0.15) is 0 Å². The molecule has 1 aromatic heterocycles. The minimum Gasteiger partial charge on any atom is -0.504 e. The Labute approximate surface area is 147 Å². The van der Waals surface area contributed by atoms with Gasteiger partial charge in [0.2, 0.25) is 5.78 Å². The number of pyridine rings is 1. The molecule has 134 valence electrons. The van der Waals surface area contributed by atoms with Crippen LogP contribution in [0.3, 0.4) is 0 Å². The van der Waals surface area contributed by atoms with Gasteiger partial charge in [0, 0.05) is 6.07 Å². The van der Waals surface area contributed by atoms with Gasteiger partial charge in [0.25, 0.3) is 5.69 Å². The SMILES string of the molecule is COc1ccc(C=CC(=O)c2nc(C(=O)O)c(C)cc2[N+](=O)[O-])cc1O. The van der Waals surface area contributed by atoms with Crippen LogP contribution >= 0.6 is 0 Å². The highest BCUT2D eigenvalue weighted by Gasteiger charge is 2.25. The Balaban J connectivity index is 2.42. The number of rotatable bonds is 6. The number of aromatic nitrogens is 1. The van der Waals surface area contributed by atoms with Crippen molar-refractivity contribution >= 4 is 23.5 Å². The van der Waals surface area contributed by atoms with E-state index in [1.54, 1.807) is 6.07 Å². The minimum absolute atomic E-state index is 0.0739. The molecule has 9 heteroatoms. The number of phenolic OH excluding ortho intramolecular Hbond substituents is 1. The normalized spacial score (nSPS) is 10.7. The lowest BCUT2D eigenvalue weighted by Crippen LogP contribution is -2.11. The third-order valence-corrected chi connectivity index (χ3v) is 3.46. The lowest BCUT2D eigenvalue weighted by molar-refractivity contribution is -0.385. The molecule has 0 bridgehead atoms. The Morgan fingerprint density at radius 1 is 1.27 bits per heavy atom. The smallest absolute Gasteiger partial charge is 0.354 e. The topological polar surface area (TPSA) is 140 Å². The number of hydrogen-bond acceptors (Lipinski definition) is 7. The third kappa shape index (κ3) is 3.83. The summed E-state index contributed by atoms with van der Waals surface area (Å²) in [4.78, 5) is 37.4. The molecule has 9 nitrogen and oxygen atoms in total. The number of aryl methyl sites for hydroxylation is 1. The fraction of sp³-hybridized carbons (Fsp3) is 0.118. The number of allylic oxidation sites excluding steroid dienone is 1. The second-order valence-electron chi connectivity index (χ2n) is 5.21. The number of carboxylic acids is 1. The Morgan fingerprint density at radius 2 is 1.96 bits per heavy atom. The quantitative estimate of drug-likeness (QED) is 0.347. The van der Waals surface area contributed by atoms with Crippen molar-refractivity contribution in [2.75, 3.05) is 7.11 Å². The molecule has 0 radical (unpaired) electrons. The van der Waals surface area contributed by atoms with Crippen molar-refractivity contribution in [3.8, 4) is 11.5 Å².